The summed E-state index contributed by atoms with van der Waals surface area (Å²) in [6, 6.07) is 6.17. The molecule has 0 aromatic heterocycles. The molecule has 108 valence electrons. The highest BCUT2D eigenvalue weighted by Crippen LogP contribution is 2.25. The highest BCUT2D eigenvalue weighted by atomic mass is 16.2. The Kier molecular flexibility index (Phi) is 3.84. The third kappa shape index (κ3) is 2.42. The second-order valence-electron chi connectivity index (χ2n) is 5.71. The van der Waals surface area contributed by atoms with Crippen LogP contribution in [0.1, 0.15) is 37.0 Å². The van der Waals surface area contributed by atoms with E-state index < -0.39 is 5.54 Å². The van der Waals surface area contributed by atoms with Crippen LogP contribution < -0.4 is 5.32 Å². The molecule has 1 aromatic carbocycles. The van der Waals surface area contributed by atoms with Gasteiger partial charge in [-0.25, -0.2) is 0 Å². The first-order chi connectivity index (χ1) is 9.38. The summed E-state index contributed by atoms with van der Waals surface area (Å²) in [4.78, 5) is 26.0. The maximum Gasteiger partial charge on any atom is 0.246 e. The predicted molar refractivity (Wildman–Crippen MR) is 78.2 cm³/mol. The van der Waals surface area contributed by atoms with Crippen LogP contribution in [0.25, 0.3) is 0 Å². The highest BCUT2D eigenvalue weighted by Gasteiger charge is 2.43. The molecular formula is C16H22N2O2. The van der Waals surface area contributed by atoms with Crippen molar-refractivity contribution >= 4 is 11.8 Å². The maximum absolute atomic E-state index is 12.2. The average Bonchev–Trinajstić information content (AvgIpc) is 2.43. The molecule has 4 nitrogen and oxygen atoms in total. The summed E-state index contributed by atoms with van der Waals surface area (Å²) < 4.78 is 0. The highest BCUT2D eigenvalue weighted by molar-refractivity contribution is 5.97. The van der Waals surface area contributed by atoms with Crippen molar-refractivity contribution in [1.82, 2.24) is 10.2 Å². The van der Waals surface area contributed by atoms with Gasteiger partial charge in [-0.3, -0.25) is 9.59 Å². The number of nitrogens with zero attached hydrogens (tertiary/aromatic N) is 1. The summed E-state index contributed by atoms with van der Waals surface area (Å²) in [6.07, 6.45) is 0.607. The monoisotopic (exact) mass is 274 g/mol. The van der Waals surface area contributed by atoms with Crippen LogP contribution in [-0.4, -0.2) is 28.8 Å². The minimum Gasteiger partial charge on any atom is -0.345 e. The predicted octanol–water partition coefficient (Wildman–Crippen LogP) is 1.93. The van der Waals surface area contributed by atoms with Gasteiger partial charge in [-0.15, -0.1) is 0 Å². The quantitative estimate of drug-likeness (QED) is 0.915. The Morgan fingerprint density at radius 3 is 2.55 bits per heavy atom. The van der Waals surface area contributed by atoms with E-state index in [2.05, 4.69) is 31.3 Å². The number of aryl methyl sites for hydroxylation is 2. The molecule has 1 fully saturated rings. The first-order valence-electron chi connectivity index (χ1n) is 7.03. The summed E-state index contributed by atoms with van der Waals surface area (Å²) in [5.74, 6) is -0.0874. The fourth-order valence-electron chi connectivity index (χ4n) is 2.54. The molecule has 1 aliphatic heterocycles. The van der Waals surface area contributed by atoms with Crippen LogP contribution in [0, 0.1) is 13.8 Å². The molecular weight excluding hydrogens is 252 g/mol. The largest absolute Gasteiger partial charge is 0.345 e. The minimum atomic E-state index is -0.756. The van der Waals surface area contributed by atoms with Crippen LogP contribution in [0.15, 0.2) is 18.2 Å². The lowest BCUT2D eigenvalue weighted by Gasteiger charge is -2.43. The van der Waals surface area contributed by atoms with E-state index in [1.807, 2.05) is 19.9 Å². The van der Waals surface area contributed by atoms with E-state index in [1.165, 1.54) is 11.1 Å². The molecule has 20 heavy (non-hydrogen) atoms. The third-order valence-electron chi connectivity index (χ3n) is 4.39. The number of piperazine rings is 1. The number of carbonyl (C=O) groups is 2. The molecule has 2 amide bonds. The van der Waals surface area contributed by atoms with Crippen LogP contribution in [0.3, 0.4) is 0 Å². The molecule has 0 spiro atoms. The standard InChI is InChI=1S/C16H22N2O2/c1-5-16(4)15(20)17-9-14(19)18(16)10-13-7-6-11(2)12(3)8-13/h6-8H,5,9-10H2,1-4H3,(H,17,20). The van der Waals surface area contributed by atoms with Crippen LogP contribution in [0.4, 0.5) is 0 Å². The van der Waals surface area contributed by atoms with Crippen LogP contribution in [0.2, 0.25) is 0 Å². The van der Waals surface area contributed by atoms with Gasteiger partial charge >= 0.3 is 0 Å². The number of amides is 2. The summed E-state index contributed by atoms with van der Waals surface area (Å²) >= 11 is 0. The zero-order valence-electron chi connectivity index (χ0n) is 12.6. The number of hydrogen-bond donors (Lipinski definition) is 1. The van der Waals surface area contributed by atoms with E-state index in [9.17, 15) is 9.59 Å². The van der Waals surface area contributed by atoms with Gasteiger partial charge in [-0.1, -0.05) is 25.1 Å². The smallest absolute Gasteiger partial charge is 0.246 e. The Balaban J connectivity index is 2.30. The topological polar surface area (TPSA) is 49.4 Å². The van der Waals surface area contributed by atoms with Gasteiger partial charge in [0.25, 0.3) is 0 Å². The summed E-state index contributed by atoms with van der Waals surface area (Å²) in [6.45, 7) is 8.47. The summed E-state index contributed by atoms with van der Waals surface area (Å²) in [5, 5.41) is 2.68. The van der Waals surface area contributed by atoms with E-state index in [0.29, 0.717) is 13.0 Å². The van der Waals surface area contributed by atoms with E-state index in [4.69, 9.17) is 0 Å². The zero-order chi connectivity index (χ0) is 14.9. The average molecular weight is 274 g/mol. The van der Waals surface area contributed by atoms with E-state index in [1.54, 1.807) is 4.90 Å². The van der Waals surface area contributed by atoms with Crippen LogP contribution in [0.5, 0.6) is 0 Å². The van der Waals surface area contributed by atoms with Crippen molar-refractivity contribution in [2.75, 3.05) is 6.54 Å². The minimum absolute atomic E-state index is 0.0211. The SMILES string of the molecule is CCC1(C)C(=O)NCC(=O)N1Cc1ccc(C)c(C)c1. The fourth-order valence-corrected chi connectivity index (χ4v) is 2.54. The second-order valence-corrected chi connectivity index (χ2v) is 5.71. The number of hydrogen-bond acceptors (Lipinski definition) is 2. The fraction of sp³-hybridized carbons (Fsp3) is 0.500. The van der Waals surface area contributed by atoms with Crippen molar-refractivity contribution in [2.24, 2.45) is 0 Å². The molecule has 1 aromatic rings. The molecule has 1 saturated heterocycles. The Morgan fingerprint density at radius 1 is 1.25 bits per heavy atom. The van der Waals surface area contributed by atoms with Gasteiger partial charge in [0.15, 0.2) is 0 Å². The van der Waals surface area contributed by atoms with Gasteiger partial charge in [-0.2, -0.15) is 0 Å². The number of nitrogens with one attached hydrogen (secondary N) is 1. The third-order valence-corrected chi connectivity index (χ3v) is 4.39. The van der Waals surface area contributed by atoms with E-state index in [-0.39, 0.29) is 18.4 Å². The molecule has 4 heteroatoms. The van der Waals surface area contributed by atoms with Gasteiger partial charge < -0.3 is 10.2 Å². The zero-order valence-corrected chi connectivity index (χ0v) is 12.6. The first-order valence-corrected chi connectivity index (χ1v) is 7.03. The number of benzene rings is 1. The Hall–Kier alpha value is -1.84. The number of rotatable bonds is 3. The lowest BCUT2D eigenvalue weighted by molar-refractivity contribution is -0.153. The molecule has 1 aliphatic rings. The molecule has 0 saturated carbocycles. The number of carbonyl (C=O) groups excluding carboxylic acids is 2. The summed E-state index contributed by atoms with van der Waals surface area (Å²) in [7, 11) is 0. The van der Waals surface area contributed by atoms with Gasteiger partial charge in [-0.05, 0) is 43.9 Å². The van der Waals surface area contributed by atoms with Crippen molar-refractivity contribution in [3.63, 3.8) is 0 Å². The van der Waals surface area contributed by atoms with Gasteiger partial charge in [0, 0.05) is 6.54 Å². The van der Waals surface area contributed by atoms with Crippen molar-refractivity contribution in [2.45, 2.75) is 46.2 Å². The van der Waals surface area contributed by atoms with Crippen molar-refractivity contribution < 1.29 is 9.59 Å². The van der Waals surface area contributed by atoms with Crippen molar-refractivity contribution in [3.05, 3.63) is 34.9 Å². The first kappa shape index (κ1) is 14.6. The Bertz CT molecular complexity index is 553. The lowest BCUT2D eigenvalue weighted by Crippen LogP contribution is -2.65. The van der Waals surface area contributed by atoms with Gasteiger partial charge in [0.2, 0.25) is 11.8 Å². The molecule has 2 rings (SSSR count). The Morgan fingerprint density at radius 2 is 1.95 bits per heavy atom. The molecule has 1 N–H and O–H groups in total. The molecule has 0 radical (unpaired) electrons. The molecule has 1 unspecified atom stereocenters. The van der Waals surface area contributed by atoms with Crippen molar-refractivity contribution in [1.29, 1.82) is 0 Å². The van der Waals surface area contributed by atoms with Gasteiger partial charge in [0.1, 0.15) is 5.54 Å². The van der Waals surface area contributed by atoms with Gasteiger partial charge in [0.05, 0.1) is 6.54 Å². The molecule has 0 aliphatic carbocycles. The second kappa shape index (κ2) is 5.27. The molecule has 1 atom stereocenters. The maximum atomic E-state index is 12.2. The summed E-state index contributed by atoms with van der Waals surface area (Å²) in [5.41, 5.74) is 2.74. The van der Waals surface area contributed by atoms with Crippen LogP contribution in [-0.2, 0) is 16.1 Å². The molecule has 1 heterocycles. The lowest BCUT2D eigenvalue weighted by atomic mass is 9.91. The Labute approximate surface area is 120 Å². The van der Waals surface area contributed by atoms with Crippen molar-refractivity contribution in [3.8, 4) is 0 Å². The normalized spacial score (nSPS) is 22.9. The van der Waals surface area contributed by atoms with E-state index in [0.717, 1.165) is 5.56 Å². The van der Waals surface area contributed by atoms with Crippen LogP contribution >= 0.6 is 0 Å². The molecule has 0 bridgehead atoms. The van der Waals surface area contributed by atoms with E-state index >= 15 is 0 Å².